The zero-order chi connectivity index (χ0) is 43.5. The lowest BCUT2D eigenvalue weighted by atomic mass is 9.85. The van der Waals surface area contributed by atoms with Crippen molar-refractivity contribution in [3.8, 4) is 0 Å². The Hall–Kier alpha value is -4.72. The summed E-state index contributed by atoms with van der Waals surface area (Å²) in [6.45, 7) is 14.0. The molecule has 10 rings (SSSR count). The average molecular weight is 859 g/mol. The number of fused-ring (bicyclic) bond motifs is 3. The zero-order valence-corrected chi connectivity index (χ0v) is 37.3. The van der Waals surface area contributed by atoms with Gasteiger partial charge in [-0.3, -0.25) is 24.6 Å². The highest BCUT2D eigenvalue weighted by Gasteiger charge is 2.43. The molecular formula is C50H63FN8O4. The summed E-state index contributed by atoms with van der Waals surface area (Å²) in [7, 11) is 0. The lowest BCUT2D eigenvalue weighted by molar-refractivity contribution is -0.136. The summed E-state index contributed by atoms with van der Waals surface area (Å²) in [5.74, 6) is 0.691. The van der Waals surface area contributed by atoms with E-state index < -0.39 is 11.7 Å². The number of amides is 3. The average Bonchev–Trinajstić information content (AvgIpc) is 3.73. The van der Waals surface area contributed by atoms with Crippen molar-refractivity contribution in [1.29, 1.82) is 0 Å². The molecule has 3 atom stereocenters. The molecule has 334 valence electrons. The Kier molecular flexibility index (Phi) is 11.4. The van der Waals surface area contributed by atoms with E-state index in [-0.39, 0.29) is 41.8 Å². The number of hydrogen-bond acceptors (Lipinski definition) is 10. The van der Waals surface area contributed by atoms with Gasteiger partial charge in [-0.15, -0.1) is 0 Å². The van der Waals surface area contributed by atoms with Gasteiger partial charge in [0.15, 0.2) is 0 Å². The lowest BCUT2D eigenvalue weighted by Crippen LogP contribution is -2.52. The van der Waals surface area contributed by atoms with Crippen molar-refractivity contribution in [2.45, 2.75) is 121 Å². The number of benzene rings is 2. The molecule has 3 amide bonds. The second kappa shape index (κ2) is 17.0. The van der Waals surface area contributed by atoms with Crippen LogP contribution in [0.25, 0.3) is 5.57 Å². The molecule has 1 aromatic heterocycles. The van der Waals surface area contributed by atoms with Gasteiger partial charge in [0.2, 0.25) is 17.8 Å². The van der Waals surface area contributed by atoms with E-state index in [9.17, 15) is 14.4 Å². The van der Waals surface area contributed by atoms with E-state index in [1.165, 1.54) is 28.7 Å². The van der Waals surface area contributed by atoms with Gasteiger partial charge in [-0.1, -0.05) is 24.3 Å². The third-order valence-corrected chi connectivity index (χ3v) is 15.4. The second-order valence-electron chi connectivity index (χ2n) is 20.1. The predicted molar refractivity (Wildman–Crippen MR) is 241 cm³/mol. The third-order valence-electron chi connectivity index (χ3n) is 15.4. The number of nitrogens with one attached hydrogen (secondary N) is 1. The number of anilines is 2. The predicted octanol–water partition coefficient (Wildman–Crippen LogP) is 6.50. The van der Waals surface area contributed by atoms with Crippen LogP contribution < -0.4 is 15.1 Å². The number of piperidine rings is 3. The van der Waals surface area contributed by atoms with E-state index in [1.807, 2.05) is 24.5 Å². The summed E-state index contributed by atoms with van der Waals surface area (Å²) in [4.78, 5) is 58.7. The Morgan fingerprint density at radius 2 is 1.65 bits per heavy atom. The Morgan fingerprint density at radius 1 is 0.889 bits per heavy atom. The number of imide groups is 1. The minimum Gasteiger partial charge on any atom is -0.373 e. The van der Waals surface area contributed by atoms with Crippen LogP contribution >= 0.6 is 0 Å². The molecule has 0 saturated carbocycles. The summed E-state index contributed by atoms with van der Waals surface area (Å²) in [5, 5.41) is 2.39. The Labute approximate surface area is 371 Å². The largest absolute Gasteiger partial charge is 0.373 e. The van der Waals surface area contributed by atoms with E-state index >= 15 is 4.39 Å². The van der Waals surface area contributed by atoms with Crippen LogP contribution in [-0.4, -0.2) is 125 Å². The molecular weight excluding hydrogens is 796 g/mol. The van der Waals surface area contributed by atoms with Crippen LogP contribution in [0.15, 0.2) is 60.4 Å². The van der Waals surface area contributed by atoms with Crippen LogP contribution in [0.5, 0.6) is 0 Å². The molecule has 7 aliphatic rings. The molecule has 4 saturated heterocycles. The SMILES string of the molecule is C[C@@H]1CC2=C(Cc3ccccc32)[C@@H](c2cnc(N3CCC(CCN4CCOC5(CC4)CCN(c4ccc6c(c4)CN(C4CCC(=O)NC4=O)C6=O)CC5)CC3)nc2)N1CC(C)(C)F. The molecule has 12 nitrogen and oxygen atoms in total. The highest BCUT2D eigenvalue weighted by molar-refractivity contribution is 6.05. The number of ether oxygens (including phenoxy) is 1. The van der Waals surface area contributed by atoms with Gasteiger partial charge in [0, 0.05) is 94.0 Å². The number of hydrogen-bond donors (Lipinski definition) is 1. The maximum Gasteiger partial charge on any atom is 0.255 e. The molecule has 0 radical (unpaired) electrons. The van der Waals surface area contributed by atoms with E-state index in [0.29, 0.717) is 31.0 Å². The van der Waals surface area contributed by atoms with Crippen molar-refractivity contribution in [1.82, 2.24) is 30.0 Å². The molecule has 6 aliphatic heterocycles. The van der Waals surface area contributed by atoms with Gasteiger partial charge in [-0.05, 0) is 137 Å². The summed E-state index contributed by atoms with van der Waals surface area (Å²) >= 11 is 0. The topological polar surface area (TPSA) is 114 Å². The fourth-order valence-corrected chi connectivity index (χ4v) is 11.8. The molecule has 1 unspecified atom stereocenters. The number of rotatable bonds is 9. The van der Waals surface area contributed by atoms with Crippen molar-refractivity contribution < 1.29 is 23.5 Å². The van der Waals surface area contributed by atoms with Crippen LogP contribution in [0.3, 0.4) is 0 Å². The summed E-state index contributed by atoms with van der Waals surface area (Å²) < 4.78 is 21.9. The molecule has 3 aromatic rings. The summed E-state index contributed by atoms with van der Waals surface area (Å²) in [6.07, 6.45) is 12.9. The molecule has 2 aromatic carbocycles. The Morgan fingerprint density at radius 3 is 2.41 bits per heavy atom. The number of halogens is 1. The van der Waals surface area contributed by atoms with Crippen LogP contribution in [-0.2, 0) is 27.3 Å². The molecule has 4 fully saturated rings. The van der Waals surface area contributed by atoms with Gasteiger partial charge < -0.3 is 24.3 Å². The fourth-order valence-electron chi connectivity index (χ4n) is 11.8. The highest BCUT2D eigenvalue weighted by Crippen LogP contribution is 2.49. The maximum atomic E-state index is 15.3. The first-order valence-corrected chi connectivity index (χ1v) is 23.6. The van der Waals surface area contributed by atoms with Gasteiger partial charge in [0.05, 0.1) is 18.2 Å². The van der Waals surface area contributed by atoms with Crippen LogP contribution in [0.1, 0.15) is 117 Å². The Balaban J connectivity index is 0.694. The first-order valence-electron chi connectivity index (χ1n) is 23.6. The monoisotopic (exact) mass is 858 g/mol. The first-order chi connectivity index (χ1) is 30.4. The lowest BCUT2D eigenvalue weighted by Gasteiger charge is -2.44. The molecule has 1 aliphatic carbocycles. The summed E-state index contributed by atoms with van der Waals surface area (Å²) in [5.41, 5.74) is 7.87. The van der Waals surface area contributed by atoms with Crippen molar-refractivity contribution in [3.05, 3.63) is 88.2 Å². The molecule has 1 N–H and O–H groups in total. The maximum absolute atomic E-state index is 15.3. The number of alkyl halides is 1. The van der Waals surface area contributed by atoms with E-state index in [4.69, 9.17) is 14.7 Å². The molecule has 63 heavy (non-hydrogen) atoms. The number of nitrogens with zero attached hydrogens (tertiary/aromatic N) is 7. The van der Waals surface area contributed by atoms with E-state index in [0.717, 1.165) is 120 Å². The third kappa shape index (κ3) is 8.53. The van der Waals surface area contributed by atoms with E-state index in [2.05, 4.69) is 62.2 Å². The summed E-state index contributed by atoms with van der Waals surface area (Å²) in [6, 6.07) is 14.4. The minimum atomic E-state index is -1.31. The van der Waals surface area contributed by atoms with Crippen LogP contribution in [0.2, 0.25) is 0 Å². The first kappa shape index (κ1) is 42.2. The zero-order valence-electron chi connectivity index (χ0n) is 37.3. The van der Waals surface area contributed by atoms with E-state index in [1.54, 1.807) is 18.7 Å². The molecule has 7 heterocycles. The second-order valence-corrected chi connectivity index (χ2v) is 20.1. The quantitative estimate of drug-likeness (QED) is 0.240. The molecule has 13 heteroatoms. The van der Waals surface area contributed by atoms with Gasteiger partial charge in [-0.2, -0.15) is 0 Å². The van der Waals surface area contributed by atoms with Crippen molar-refractivity contribution >= 4 is 34.9 Å². The van der Waals surface area contributed by atoms with Gasteiger partial charge >= 0.3 is 0 Å². The van der Waals surface area contributed by atoms with Gasteiger partial charge in [-0.25, -0.2) is 14.4 Å². The number of carbonyl (C=O) groups excluding carboxylic acids is 3. The van der Waals surface area contributed by atoms with Crippen molar-refractivity contribution in [2.75, 3.05) is 68.8 Å². The van der Waals surface area contributed by atoms with Crippen LogP contribution in [0.4, 0.5) is 16.0 Å². The molecule has 1 spiro atoms. The molecule has 0 bridgehead atoms. The number of aromatic nitrogens is 2. The standard InChI is InChI=1S/C50H63FN8O4/c1-33-26-41-39-7-5-4-6-35(39)28-42(41)45(59(33)32-49(2,3)51)37-29-52-48(53-30-37)57-19-13-34(14-20-57)12-18-55-21-15-50(63-25-24-55)16-22-56(23-17-50)38-8-9-40-36(27-38)31-58(47(40)62)43-10-11-44(60)54-46(43)61/h4-9,27,29-30,33-34,43,45H,10-26,28,31-32H2,1-3H3,(H,54,60,61)/t33-,43?,45-/m1/s1. The minimum absolute atomic E-state index is 0.0366. The highest BCUT2D eigenvalue weighted by atomic mass is 19.1. The number of carbonyl (C=O) groups is 3. The van der Waals surface area contributed by atoms with Crippen molar-refractivity contribution in [2.24, 2.45) is 5.92 Å². The van der Waals surface area contributed by atoms with Crippen molar-refractivity contribution in [3.63, 3.8) is 0 Å². The van der Waals surface area contributed by atoms with Gasteiger partial charge in [0.1, 0.15) is 11.7 Å². The normalized spacial score (nSPS) is 25.9. The smallest absolute Gasteiger partial charge is 0.255 e. The van der Waals surface area contributed by atoms with Gasteiger partial charge in [0.25, 0.3) is 5.91 Å². The van der Waals surface area contributed by atoms with Crippen LogP contribution in [0, 0.1) is 5.92 Å². The fraction of sp³-hybridized carbons (Fsp3) is 0.580. The Bertz CT molecular complexity index is 2260.